The van der Waals surface area contributed by atoms with E-state index in [4.69, 9.17) is 14.2 Å². The zero-order chi connectivity index (χ0) is 24.6. The van der Waals surface area contributed by atoms with E-state index in [-0.39, 0.29) is 35.4 Å². The fourth-order valence-electron chi connectivity index (χ4n) is 4.38. The number of aromatic amines is 1. The molecule has 5 rings (SSSR count). The molecule has 0 radical (unpaired) electrons. The number of sulfonamides is 1. The van der Waals surface area contributed by atoms with E-state index in [1.54, 1.807) is 30.3 Å². The molecule has 2 aromatic carbocycles. The summed E-state index contributed by atoms with van der Waals surface area (Å²) in [5.74, 6) is 0.903. The third-order valence-corrected chi connectivity index (χ3v) is 8.05. The topological polar surface area (TPSA) is 115 Å². The highest BCUT2D eigenvalue weighted by atomic mass is 32.2. The number of aromatic nitrogens is 1. The van der Waals surface area contributed by atoms with Crippen LogP contribution >= 0.6 is 0 Å². The van der Waals surface area contributed by atoms with E-state index >= 15 is 0 Å². The van der Waals surface area contributed by atoms with E-state index in [1.807, 2.05) is 0 Å². The molecule has 184 valence electrons. The molecule has 3 heterocycles. The number of fused-ring (bicyclic) bond motifs is 2. The molecule has 9 nitrogen and oxygen atoms in total. The monoisotopic (exact) mass is 498 g/mol. The molecule has 1 fully saturated rings. The van der Waals surface area contributed by atoms with Gasteiger partial charge in [0.25, 0.3) is 5.56 Å². The molecule has 1 saturated heterocycles. The lowest BCUT2D eigenvalue weighted by Crippen LogP contribution is -2.38. The minimum Gasteiger partial charge on any atom is -0.486 e. The first-order valence-corrected chi connectivity index (χ1v) is 12.9. The molecule has 10 heteroatoms. The van der Waals surface area contributed by atoms with Gasteiger partial charge >= 0.3 is 0 Å². The Morgan fingerprint density at radius 3 is 2.57 bits per heavy atom. The number of nitrogens with one attached hydrogen (secondary N) is 1. The van der Waals surface area contributed by atoms with Gasteiger partial charge in [0, 0.05) is 42.3 Å². The summed E-state index contributed by atoms with van der Waals surface area (Å²) in [7, 11) is -4.02. The lowest BCUT2D eigenvalue weighted by Gasteiger charge is -2.25. The SMILES string of the molecule is CC(=O)c1cccc(S(=O)(=O)N(Cc2cc3cc4c(cc3[nH]c2=O)OCCO4)C[C@H]2CCCO2)c1. The predicted octanol–water partition coefficient (Wildman–Crippen LogP) is 2.87. The Labute approximate surface area is 202 Å². The largest absolute Gasteiger partial charge is 0.486 e. The molecule has 0 saturated carbocycles. The minimum absolute atomic E-state index is 0.0000306. The van der Waals surface area contributed by atoms with Crippen LogP contribution in [0.1, 0.15) is 35.7 Å². The van der Waals surface area contributed by atoms with Gasteiger partial charge in [0.05, 0.1) is 16.5 Å². The van der Waals surface area contributed by atoms with Gasteiger partial charge in [-0.3, -0.25) is 9.59 Å². The first-order chi connectivity index (χ1) is 16.8. The molecule has 1 aromatic heterocycles. The Kier molecular flexibility index (Phi) is 6.35. The Hall–Kier alpha value is -3.21. The maximum absolute atomic E-state index is 13.7. The number of carbonyl (C=O) groups is 1. The fourth-order valence-corrected chi connectivity index (χ4v) is 5.88. The number of benzene rings is 2. The number of ketones is 1. The Morgan fingerprint density at radius 2 is 1.86 bits per heavy atom. The molecule has 2 aliphatic rings. The summed E-state index contributed by atoms with van der Waals surface area (Å²) in [6.07, 6.45) is 1.32. The Morgan fingerprint density at radius 1 is 1.09 bits per heavy atom. The average Bonchev–Trinajstić information content (AvgIpc) is 3.36. The maximum Gasteiger partial charge on any atom is 0.252 e. The summed E-state index contributed by atoms with van der Waals surface area (Å²) < 4.78 is 45.5. The van der Waals surface area contributed by atoms with Crippen LogP contribution in [0.25, 0.3) is 10.9 Å². The molecule has 35 heavy (non-hydrogen) atoms. The maximum atomic E-state index is 13.7. The summed E-state index contributed by atoms with van der Waals surface area (Å²) in [4.78, 5) is 27.6. The van der Waals surface area contributed by atoms with Crippen LogP contribution in [0.15, 0.2) is 52.2 Å². The van der Waals surface area contributed by atoms with Gasteiger partial charge < -0.3 is 19.2 Å². The molecule has 0 amide bonds. The van der Waals surface area contributed by atoms with Crippen molar-refractivity contribution in [3.8, 4) is 11.5 Å². The van der Waals surface area contributed by atoms with Gasteiger partial charge in [0.15, 0.2) is 17.3 Å². The first kappa shape index (κ1) is 23.5. The van der Waals surface area contributed by atoms with Gasteiger partial charge in [-0.15, -0.1) is 0 Å². The molecule has 0 aliphatic carbocycles. The van der Waals surface area contributed by atoms with Crippen LogP contribution in [0.2, 0.25) is 0 Å². The number of nitrogens with zero attached hydrogens (tertiary/aromatic N) is 1. The van der Waals surface area contributed by atoms with Crippen LogP contribution in [0.3, 0.4) is 0 Å². The van der Waals surface area contributed by atoms with Crippen LogP contribution in [0, 0.1) is 0 Å². The van der Waals surface area contributed by atoms with E-state index in [0.717, 1.165) is 12.8 Å². The second-order valence-electron chi connectivity index (χ2n) is 8.72. The minimum atomic E-state index is -4.02. The zero-order valence-corrected chi connectivity index (χ0v) is 20.1. The first-order valence-electron chi connectivity index (χ1n) is 11.5. The van der Waals surface area contributed by atoms with Gasteiger partial charge in [-0.1, -0.05) is 12.1 Å². The van der Waals surface area contributed by atoms with Crippen molar-refractivity contribution in [3.63, 3.8) is 0 Å². The van der Waals surface area contributed by atoms with E-state index in [0.29, 0.717) is 53.3 Å². The van der Waals surface area contributed by atoms with Crippen molar-refractivity contribution in [1.29, 1.82) is 0 Å². The van der Waals surface area contributed by atoms with Crippen molar-refractivity contribution in [3.05, 3.63) is 63.9 Å². The predicted molar refractivity (Wildman–Crippen MR) is 129 cm³/mol. The van der Waals surface area contributed by atoms with Crippen molar-refractivity contribution in [2.75, 3.05) is 26.4 Å². The van der Waals surface area contributed by atoms with Crippen LogP contribution in [0.5, 0.6) is 11.5 Å². The molecule has 0 unspecified atom stereocenters. The number of rotatable bonds is 7. The second kappa shape index (κ2) is 9.44. The molecule has 1 N–H and O–H groups in total. The summed E-state index contributed by atoms with van der Waals surface area (Å²) in [5.41, 5.74) is 0.780. The third kappa shape index (κ3) is 4.82. The third-order valence-electron chi connectivity index (χ3n) is 6.24. The summed E-state index contributed by atoms with van der Waals surface area (Å²) in [5, 5.41) is 0.705. The van der Waals surface area contributed by atoms with Crippen LogP contribution in [-0.2, 0) is 21.3 Å². The zero-order valence-electron chi connectivity index (χ0n) is 19.3. The van der Waals surface area contributed by atoms with Gasteiger partial charge in [-0.05, 0) is 44.0 Å². The number of hydrogen-bond acceptors (Lipinski definition) is 7. The van der Waals surface area contributed by atoms with Crippen molar-refractivity contribution in [2.24, 2.45) is 0 Å². The highest BCUT2D eigenvalue weighted by Crippen LogP contribution is 2.34. The van der Waals surface area contributed by atoms with Gasteiger partial charge in [-0.25, -0.2) is 8.42 Å². The number of hydrogen-bond donors (Lipinski definition) is 1. The molecular formula is C25H26N2O7S. The lowest BCUT2D eigenvalue weighted by molar-refractivity contribution is 0.0925. The molecule has 2 aliphatic heterocycles. The van der Waals surface area contributed by atoms with Crippen molar-refractivity contribution < 1.29 is 27.4 Å². The van der Waals surface area contributed by atoms with Crippen molar-refractivity contribution in [2.45, 2.75) is 37.3 Å². The number of Topliss-reactive ketones (excluding diaryl/α,β-unsaturated/α-hetero) is 1. The van der Waals surface area contributed by atoms with Crippen LogP contribution in [0.4, 0.5) is 0 Å². The summed E-state index contributed by atoms with van der Waals surface area (Å²) in [6.45, 7) is 2.78. The van der Waals surface area contributed by atoms with Crippen molar-refractivity contribution in [1.82, 2.24) is 9.29 Å². The standard InChI is InChI=1S/C25H26N2O7S/c1-16(28)17-4-2-6-21(11-17)35(30,31)27(15-20-5-3-7-32-20)14-19-10-18-12-23-24(34-9-8-33-23)13-22(18)26-25(19)29/h2,4,6,10-13,20H,3,5,7-9,14-15H2,1H3,(H,26,29)/t20-/m1/s1. The van der Waals surface area contributed by atoms with Crippen molar-refractivity contribution >= 4 is 26.7 Å². The Bertz CT molecular complexity index is 1440. The van der Waals surface area contributed by atoms with E-state index < -0.39 is 10.0 Å². The second-order valence-corrected chi connectivity index (χ2v) is 10.7. The lowest BCUT2D eigenvalue weighted by atomic mass is 10.1. The highest BCUT2D eigenvalue weighted by Gasteiger charge is 2.30. The number of carbonyl (C=O) groups excluding carboxylic acids is 1. The average molecular weight is 499 g/mol. The highest BCUT2D eigenvalue weighted by molar-refractivity contribution is 7.89. The van der Waals surface area contributed by atoms with Gasteiger partial charge in [0.1, 0.15) is 13.2 Å². The van der Waals surface area contributed by atoms with E-state index in [2.05, 4.69) is 4.98 Å². The van der Waals surface area contributed by atoms with E-state index in [9.17, 15) is 18.0 Å². The molecule has 3 aromatic rings. The number of ether oxygens (including phenoxy) is 3. The van der Waals surface area contributed by atoms with E-state index in [1.165, 1.54) is 23.4 Å². The Balaban J connectivity index is 1.53. The summed E-state index contributed by atoms with van der Waals surface area (Å²) >= 11 is 0. The normalized spacial score (nSPS) is 17.7. The molecular weight excluding hydrogens is 472 g/mol. The number of H-pyrrole nitrogens is 1. The van der Waals surface area contributed by atoms with Crippen LogP contribution in [-0.4, -0.2) is 56.0 Å². The molecule has 0 spiro atoms. The quantitative estimate of drug-likeness (QED) is 0.498. The molecule has 0 bridgehead atoms. The van der Waals surface area contributed by atoms with Crippen LogP contribution < -0.4 is 15.0 Å². The fraction of sp³-hybridized carbons (Fsp3) is 0.360. The van der Waals surface area contributed by atoms with Gasteiger partial charge in [-0.2, -0.15) is 4.31 Å². The summed E-state index contributed by atoms with van der Waals surface area (Å²) in [6, 6.07) is 11.1. The van der Waals surface area contributed by atoms with Gasteiger partial charge in [0.2, 0.25) is 10.0 Å². The molecule has 1 atom stereocenters. The smallest absolute Gasteiger partial charge is 0.252 e. The number of pyridine rings is 1.